The topological polar surface area (TPSA) is 22.3 Å². The van der Waals surface area contributed by atoms with E-state index in [0.717, 1.165) is 50.5 Å². The SMILES string of the molecule is CCCCOc1ccc(OCCC[n+]2ccccc2)cc1. The maximum Gasteiger partial charge on any atom is 0.168 e. The van der Waals surface area contributed by atoms with E-state index in [0.29, 0.717) is 0 Å². The van der Waals surface area contributed by atoms with E-state index in [9.17, 15) is 0 Å². The molecule has 0 radical (unpaired) electrons. The first-order chi connectivity index (χ1) is 10.4. The molecule has 2 aromatic rings. The van der Waals surface area contributed by atoms with Gasteiger partial charge in [-0.2, -0.15) is 0 Å². The van der Waals surface area contributed by atoms with E-state index >= 15 is 0 Å². The predicted molar refractivity (Wildman–Crippen MR) is 83.6 cm³/mol. The average Bonchev–Trinajstić information content (AvgIpc) is 2.54. The molecule has 1 aromatic heterocycles. The van der Waals surface area contributed by atoms with Crippen LogP contribution in [0.1, 0.15) is 26.2 Å². The van der Waals surface area contributed by atoms with Crippen LogP contribution in [-0.2, 0) is 6.54 Å². The molecule has 21 heavy (non-hydrogen) atoms. The van der Waals surface area contributed by atoms with Crippen LogP contribution in [0.3, 0.4) is 0 Å². The lowest BCUT2D eigenvalue weighted by Gasteiger charge is -2.08. The van der Waals surface area contributed by atoms with Crippen molar-refractivity contribution in [2.24, 2.45) is 0 Å². The van der Waals surface area contributed by atoms with Gasteiger partial charge in [-0.1, -0.05) is 19.4 Å². The Labute approximate surface area is 127 Å². The number of aryl methyl sites for hydroxylation is 1. The quantitative estimate of drug-likeness (QED) is 0.519. The number of hydrogen-bond acceptors (Lipinski definition) is 2. The number of hydrogen-bond donors (Lipinski definition) is 0. The Bertz CT molecular complexity index is 496. The van der Waals surface area contributed by atoms with Gasteiger partial charge in [-0.3, -0.25) is 0 Å². The molecule has 3 heteroatoms. The molecule has 0 spiro atoms. The van der Waals surface area contributed by atoms with E-state index in [1.54, 1.807) is 0 Å². The summed E-state index contributed by atoms with van der Waals surface area (Å²) in [6, 6.07) is 14.0. The van der Waals surface area contributed by atoms with E-state index in [-0.39, 0.29) is 0 Å². The zero-order valence-corrected chi connectivity index (χ0v) is 12.7. The predicted octanol–water partition coefficient (Wildman–Crippen LogP) is 3.62. The highest BCUT2D eigenvalue weighted by Gasteiger charge is 2.00. The minimum atomic E-state index is 0.720. The highest BCUT2D eigenvalue weighted by molar-refractivity contribution is 5.31. The molecule has 0 atom stereocenters. The summed E-state index contributed by atoms with van der Waals surface area (Å²) < 4.78 is 13.5. The summed E-state index contributed by atoms with van der Waals surface area (Å²) in [6.07, 6.45) is 7.38. The lowest BCUT2D eigenvalue weighted by atomic mass is 10.3. The molecule has 0 unspecified atom stereocenters. The second kappa shape index (κ2) is 9.01. The average molecular weight is 286 g/mol. The molecule has 0 fully saturated rings. The van der Waals surface area contributed by atoms with Crippen LogP contribution >= 0.6 is 0 Å². The molecule has 0 aliphatic rings. The lowest BCUT2D eigenvalue weighted by Crippen LogP contribution is -2.33. The first kappa shape index (κ1) is 15.4. The summed E-state index contributed by atoms with van der Waals surface area (Å²) in [7, 11) is 0. The zero-order chi connectivity index (χ0) is 14.8. The summed E-state index contributed by atoms with van der Waals surface area (Å²) in [5.41, 5.74) is 0. The number of rotatable bonds is 9. The normalized spacial score (nSPS) is 10.3. The Kier molecular flexibility index (Phi) is 6.59. The zero-order valence-electron chi connectivity index (χ0n) is 12.7. The van der Waals surface area contributed by atoms with Crippen LogP contribution in [0.4, 0.5) is 0 Å². The molecule has 1 aromatic carbocycles. The van der Waals surface area contributed by atoms with E-state index in [4.69, 9.17) is 9.47 Å². The fourth-order valence-corrected chi connectivity index (χ4v) is 1.99. The van der Waals surface area contributed by atoms with Gasteiger partial charge in [0.1, 0.15) is 11.5 Å². The van der Waals surface area contributed by atoms with E-state index in [1.165, 1.54) is 0 Å². The first-order valence-electron chi connectivity index (χ1n) is 7.68. The van der Waals surface area contributed by atoms with Crippen molar-refractivity contribution in [2.45, 2.75) is 32.7 Å². The molecular weight excluding hydrogens is 262 g/mol. The highest BCUT2D eigenvalue weighted by atomic mass is 16.5. The number of unbranched alkanes of at least 4 members (excludes halogenated alkanes) is 1. The molecule has 0 amide bonds. The van der Waals surface area contributed by atoms with Crippen LogP contribution in [0.5, 0.6) is 11.5 Å². The van der Waals surface area contributed by atoms with Crippen molar-refractivity contribution in [1.82, 2.24) is 0 Å². The van der Waals surface area contributed by atoms with Crippen molar-refractivity contribution < 1.29 is 14.0 Å². The van der Waals surface area contributed by atoms with Crippen LogP contribution in [0.2, 0.25) is 0 Å². The number of benzene rings is 1. The van der Waals surface area contributed by atoms with Gasteiger partial charge < -0.3 is 9.47 Å². The second-order valence-corrected chi connectivity index (χ2v) is 4.99. The molecule has 0 bridgehead atoms. The van der Waals surface area contributed by atoms with Crippen LogP contribution in [0.15, 0.2) is 54.9 Å². The first-order valence-corrected chi connectivity index (χ1v) is 7.68. The van der Waals surface area contributed by atoms with E-state index in [2.05, 4.69) is 23.9 Å². The minimum Gasteiger partial charge on any atom is -0.494 e. The van der Waals surface area contributed by atoms with E-state index < -0.39 is 0 Å². The van der Waals surface area contributed by atoms with Crippen molar-refractivity contribution in [3.8, 4) is 11.5 Å². The maximum atomic E-state index is 5.74. The molecule has 0 saturated heterocycles. The number of ether oxygens (including phenoxy) is 2. The Morgan fingerprint density at radius 3 is 1.95 bits per heavy atom. The van der Waals surface area contributed by atoms with Crippen molar-refractivity contribution in [1.29, 1.82) is 0 Å². The third-order valence-corrected chi connectivity index (χ3v) is 3.20. The van der Waals surface area contributed by atoms with Gasteiger partial charge in [0.25, 0.3) is 0 Å². The lowest BCUT2D eigenvalue weighted by molar-refractivity contribution is -0.697. The molecule has 0 saturated carbocycles. The van der Waals surface area contributed by atoms with Crippen LogP contribution < -0.4 is 14.0 Å². The third-order valence-electron chi connectivity index (χ3n) is 3.20. The third kappa shape index (κ3) is 5.86. The fourth-order valence-electron chi connectivity index (χ4n) is 1.99. The molecule has 0 aliphatic heterocycles. The molecule has 0 N–H and O–H groups in total. The smallest absolute Gasteiger partial charge is 0.168 e. The van der Waals surface area contributed by atoms with Crippen LogP contribution in [0, 0.1) is 0 Å². The van der Waals surface area contributed by atoms with Gasteiger partial charge in [0.2, 0.25) is 0 Å². The summed E-state index contributed by atoms with van der Waals surface area (Å²) in [6.45, 7) is 4.63. The van der Waals surface area contributed by atoms with Gasteiger partial charge in [0, 0.05) is 18.6 Å². The second-order valence-electron chi connectivity index (χ2n) is 4.99. The molecule has 2 rings (SSSR count). The monoisotopic (exact) mass is 286 g/mol. The van der Waals surface area contributed by atoms with Gasteiger partial charge in [-0.05, 0) is 30.7 Å². The largest absolute Gasteiger partial charge is 0.494 e. The van der Waals surface area contributed by atoms with Crippen LogP contribution in [-0.4, -0.2) is 13.2 Å². The minimum absolute atomic E-state index is 0.720. The van der Waals surface area contributed by atoms with Gasteiger partial charge in [-0.15, -0.1) is 0 Å². The van der Waals surface area contributed by atoms with Gasteiger partial charge >= 0.3 is 0 Å². The molecular formula is C18H24NO2+. The molecule has 0 aliphatic carbocycles. The fraction of sp³-hybridized carbons (Fsp3) is 0.389. The highest BCUT2D eigenvalue weighted by Crippen LogP contribution is 2.17. The Hall–Kier alpha value is -2.03. The summed E-state index contributed by atoms with van der Waals surface area (Å²) in [5.74, 6) is 1.81. The Morgan fingerprint density at radius 1 is 0.810 bits per heavy atom. The van der Waals surface area contributed by atoms with Gasteiger partial charge in [0.05, 0.1) is 13.2 Å². The molecule has 1 heterocycles. The van der Waals surface area contributed by atoms with Crippen molar-refractivity contribution in [3.63, 3.8) is 0 Å². The molecule has 112 valence electrons. The Morgan fingerprint density at radius 2 is 1.38 bits per heavy atom. The van der Waals surface area contributed by atoms with Crippen molar-refractivity contribution in [3.05, 3.63) is 54.9 Å². The number of nitrogens with zero attached hydrogens (tertiary/aromatic N) is 1. The number of pyridine rings is 1. The van der Waals surface area contributed by atoms with Crippen molar-refractivity contribution >= 4 is 0 Å². The van der Waals surface area contributed by atoms with Gasteiger partial charge in [-0.25, -0.2) is 4.57 Å². The summed E-state index contributed by atoms with van der Waals surface area (Å²) in [5, 5.41) is 0. The van der Waals surface area contributed by atoms with E-state index in [1.807, 2.05) is 42.5 Å². The molecule has 3 nitrogen and oxygen atoms in total. The maximum absolute atomic E-state index is 5.74. The Balaban J connectivity index is 1.66. The standard InChI is InChI=1S/C18H24NO2/c1-2-3-15-20-17-8-10-18(11-9-17)21-16-7-14-19-12-5-4-6-13-19/h4-6,8-13H,2-3,7,14-16H2,1H3/q+1. The summed E-state index contributed by atoms with van der Waals surface area (Å²) >= 11 is 0. The van der Waals surface area contributed by atoms with Crippen LogP contribution in [0.25, 0.3) is 0 Å². The van der Waals surface area contributed by atoms with Gasteiger partial charge in [0.15, 0.2) is 18.9 Å². The van der Waals surface area contributed by atoms with Crippen molar-refractivity contribution in [2.75, 3.05) is 13.2 Å². The number of aromatic nitrogens is 1. The summed E-state index contributed by atoms with van der Waals surface area (Å²) in [4.78, 5) is 0.